The van der Waals surface area contributed by atoms with Crippen LogP contribution < -0.4 is 4.74 Å². The molecule has 0 unspecified atom stereocenters. The molecule has 1 amide bonds. The topological polar surface area (TPSA) is 41.9 Å². The van der Waals surface area contributed by atoms with E-state index in [-0.39, 0.29) is 5.91 Å². The minimum absolute atomic E-state index is 0.133. The lowest BCUT2D eigenvalue weighted by Gasteiger charge is -2.37. The maximum Gasteiger partial charge on any atom is 0.275 e. The molecule has 0 radical (unpaired) electrons. The minimum atomic E-state index is -0.759. The zero-order valence-electron chi connectivity index (χ0n) is 18.4. The third kappa shape index (κ3) is 3.70. The van der Waals surface area contributed by atoms with Crippen molar-refractivity contribution in [3.05, 3.63) is 138 Å². The molecule has 4 aromatic carbocycles. The molecule has 1 heterocycles. The van der Waals surface area contributed by atoms with E-state index in [1.807, 2.05) is 91.0 Å². The second-order valence-electron chi connectivity index (χ2n) is 8.03. The average molecular weight is 433 g/mol. The number of hydrogen-bond acceptors (Lipinski definition) is 3. The average Bonchev–Trinajstić information content (AvgIpc) is 3.32. The van der Waals surface area contributed by atoms with Gasteiger partial charge in [0.15, 0.2) is 0 Å². The highest BCUT2D eigenvalue weighted by Crippen LogP contribution is 2.45. The van der Waals surface area contributed by atoms with Crippen molar-refractivity contribution in [2.45, 2.75) is 12.0 Å². The van der Waals surface area contributed by atoms with Crippen LogP contribution in [0.25, 0.3) is 0 Å². The predicted octanol–water partition coefficient (Wildman–Crippen LogP) is 5.89. The number of rotatable bonds is 5. The molecule has 0 saturated carbocycles. The van der Waals surface area contributed by atoms with Crippen LogP contribution in [-0.2, 0) is 5.54 Å². The first-order valence-corrected chi connectivity index (χ1v) is 10.9. The predicted molar refractivity (Wildman–Crippen MR) is 130 cm³/mol. The van der Waals surface area contributed by atoms with Crippen LogP contribution in [-0.4, -0.2) is 23.7 Å². The molecule has 0 fully saturated rings. The summed E-state index contributed by atoms with van der Waals surface area (Å²) in [5.74, 6) is 0.652. The third-order valence-electron chi connectivity index (χ3n) is 6.14. The lowest BCUT2D eigenvalue weighted by molar-refractivity contribution is 0.0610. The molecule has 0 spiro atoms. The number of hydrogen-bond donors (Lipinski definition) is 0. The molecular formula is C29H24N2O2. The summed E-state index contributed by atoms with van der Waals surface area (Å²) < 4.78 is 5.32. The Balaban J connectivity index is 1.71. The third-order valence-corrected chi connectivity index (χ3v) is 6.14. The van der Waals surface area contributed by atoms with Crippen LogP contribution in [0.5, 0.6) is 5.75 Å². The molecule has 162 valence electrons. The number of nitrogens with zero attached hydrogens (tertiary/aromatic N) is 2. The van der Waals surface area contributed by atoms with Gasteiger partial charge in [-0.15, -0.1) is 0 Å². The molecule has 1 aliphatic heterocycles. The summed E-state index contributed by atoms with van der Waals surface area (Å²) in [5.41, 5.74) is 3.71. The van der Waals surface area contributed by atoms with Crippen molar-refractivity contribution in [3.8, 4) is 5.75 Å². The van der Waals surface area contributed by atoms with Gasteiger partial charge in [-0.2, -0.15) is 5.10 Å². The zero-order valence-corrected chi connectivity index (χ0v) is 18.4. The van der Waals surface area contributed by atoms with Crippen LogP contribution in [0.1, 0.15) is 33.5 Å². The SMILES string of the molecule is COc1ccc(C2=NN(C(=O)c3ccccc3)C(c3ccccc3)(c3ccccc3)C2)cc1. The van der Waals surface area contributed by atoms with E-state index >= 15 is 0 Å². The Morgan fingerprint density at radius 2 is 1.27 bits per heavy atom. The summed E-state index contributed by atoms with van der Waals surface area (Å²) in [6.07, 6.45) is 0.561. The Bertz CT molecular complexity index is 1230. The summed E-state index contributed by atoms with van der Waals surface area (Å²) in [6, 6.07) is 37.5. The largest absolute Gasteiger partial charge is 0.497 e. The molecule has 0 aliphatic carbocycles. The maximum atomic E-state index is 13.9. The Labute approximate surface area is 193 Å². The smallest absolute Gasteiger partial charge is 0.275 e. The molecule has 4 aromatic rings. The Hall–Kier alpha value is -4.18. The van der Waals surface area contributed by atoms with Gasteiger partial charge in [-0.05, 0) is 53.1 Å². The van der Waals surface area contributed by atoms with Gasteiger partial charge in [0.05, 0.1) is 12.8 Å². The first-order valence-electron chi connectivity index (χ1n) is 10.9. The van der Waals surface area contributed by atoms with Crippen molar-refractivity contribution >= 4 is 11.6 Å². The molecule has 5 rings (SSSR count). The van der Waals surface area contributed by atoms with Crippen LogP contribution in [0.3, 0.4) is 0 Å². The molecular weight excluding hydrogens is 408 g/mol. The lowest BCUT2D eigenvalue weighted by atomic mass is 9.78. The van der Waals surface area contributed by atoms with Gasteiger partial charge in [-0.3, -0.25) is 4.79 Å². The van der Waals surface area contributed by atoms with Gasteiger partial charge in [0.25, 0.3) is 5.91 Å². The summed E-state index contributed by atoms with van der Waals surface area (Å²) in [7, 11) is 1.65. The van der Waals surface area contributed by atoms with Crippen molar-refractivity contribution in [3.63, 3.8) is 0 Å². The van der Waals surface area contributed by atoms with E-state index in [2.05, 4.69) is 24.3 Å². The summed E-state index contributed by atoms with van der Waals surface area (Å²) in [4.78, 5) is 13.9. The molecule has 4 nitrogen and oxygen atoms in total. The normalized spacial score (nSPS) is 14.6. The second kappa shape index (κ2) is 8.75. The summed E-state index contributed by atoms with van der Waals surface area (Å²) in [5, 5.41) is 6.63. The Morgan fingerprint density at radius 3 is 1.79 bits per heavy atom. The van der Waals surface area contributed by atoms with Gasteiger partial charge in [0.2, 0.25) is 0 Å². The standard InChI is InChI=1S/C29H24N2O2/c1-33-26-19-17-22(18-20-26)27-21-29(24-13-7-3-8-14-24,25-15-9-4-10-16-25)31(30-27)28(32)23-11-5-2-6-12-23/h2-20H,21H2,1H3. The lowest BCUT2D eigenvalue weighted by Crippen LogP contribution is -2.44. The number of hydrazone groups is 1. The van der Waals surface area contributed by atoms with Gasteiger partial charge in [-0.25, -0.2) is 5.01 Å². The van der Waals surface area contributed by atoms with Crippen molar-refractivity contribution in [2.75, 3.05) is 7.11 Å². The minimum Gasteiger partial charge on any atom is -0.497 e. The highest BCUT2D eigenvalue weighted by Gasteiger charge is 2.49. The molecule has 0 N–H and O–H groups in total. The van der Waals surface area contributed by atoms with E-state index in [0.717, 1.165) is 28.2 Å². The van der Waals surface area contributed by atoms with E-state index in [1.165, 1.54) is 0 Å². The summed E-state index contributed by atoms with van der Waals surface area (Å²) in [6.45, 7) is 0. The van der Waals surface area contributed by atoms with Crippen molar-refractivity contribution in [2.24, 2.45) is 5.10 Å². The van der Waals surface area contributed by atoms with E-state index in [4.69, 9.17) is 9.84 Å². The molecule has 1 aliphatic rings. The first kappa shape index (κ1) is 20.7. The zero-order chi connectivity index (χ0) is 22.7. The van der Waals surface area contributed by atoms with Gasteiger partial charge < -0.3 is 4.74 Å². The molecule has 4 heteroatoms. The van der Waals surface area contributed by atoms with Gasteiger partial charge in [0, 0.05) is 12.0 Å². The maximum absolute atomic E-state index is 13.9. The van der Waals surface area contributed by atoms with Crippen LogP contribution in [0, 0.1) is 0 Å². The van der Waals surface area contributed by atoms with Crippen LogP contribution in [0.2, 0.25) is 0 Å². The van der Waals surface area contributed by atoms with Crippen LogP contribution in [0.15, 0.2) is 120 Å². The fraction of sp³-hybridized carbons (Fsp3) is 0.103. The fourth-order valence-electron chi connectivity index (χ4n) is 4.47. The summed E-state index contributed by atoms with van der Waals surface area (Å²) >= 11 is 0. The van der Waals surface area contributed by atoms with Crippen LogP contribution >= 0.6 is 0 Å². The molecule has 0 bridgehead atoms. The van der Waals surface area contributed by atoms with Gasteiger partial charge in [0.1, 0.15) is 11.3 Å². The van der Waals surface area contributed by atoms with E-state index in [0.29, 0.717) is 12.0 Å². The van der Waals surface area contributed by atoms with E-state index < -0.39 is 5.54 Å². The molecule has 0 atom stereocenters. The van der Waals surface area contributed by atoms with Gasteiger partial charge >= 0.3 is 0 Å². The molecule has 0 saturated heterocycles. The number of carbonyl (C=O) groups excluding carboxylic acids is 1. The highest BCUT2D eigenvalue weighted by molar-refractivity contribution is 6.06. The fourth-order valence-corrected chi connectivity index (χ4v) is 4.47. The highest BCUT2D eigenvalue weighted by atomic mass is 16.5. The van der Waals surface area contributed by atoms with Crippen molar-refractivity contribution in [1.82, 2.24) is 5.01 Å². The van der Waals surface area contributed by atoms with E-state index in [1.54, 1.807) is 12.1 Å². The Kier molecular flexibility index (Phi) is 5.49. The number of benzene rings is 4. The monoisotopic (exact) mass is 432 g/mol. The quantitative estimate of drug-likeness (QED) is 0.395. The van der Waals surface area contributed by atoms with Crippen LogP contribution in [0.4, 0.5) is 0 Å². The number of carbonyl (C=O) groups is 1. The number of methoxy groups -OCH3 is 1. The van der Waals surface area contributed by atoms with Crippen molar-refractivity contribution < 1.29 is 9.53 Å². The Morgan fingerprint density at radius 1 is 0.758 bits per heavy atom. The number of amides is 1. The van der Waals surface area contributed by atoms with E-state index in [9.17, 15) is 4.79 Å². The molecule has 0 aromatic heterocycles. The molecule has 33 heavy (non-hydrogen) atoms. The first-order chi connectivity index (χ1) is 16.2. The number of ether oxygens (including phenoxy) is 1. The second-order valence-corrected chi connectivity index (χ2v) is 8.03. The van der Waals surface area contributed by atoms with Crippen molar-refractivity contribution in [1.29, 1.82) is 0 Å². The van der Waals surface area contributed by atoms with Gasteiger partial charge in [-0.1, -0.05) is 78.9 Å².